The SMILES string of the molecule is COCCN(CCCN)C(=O)c1cccc(OC)c1O. The van der Waals surface area contributed by atoms with Gasteiger partial charge in [0.15, 0.2) is 11.5 Å². The Balaban J connectivity index is 2.92. The number of nitrogens with zero attached hydrogens (tertiary/aromatic N) is 1. The number of hydrogen-bond donors (Lipinski definition) is 2. The Morgan fingerprint density at radius 3 is 2.70 bits per heavy atom. The van der Waals surface area contributed by atoms with E-state index in [-0.39, 0.29) is 23.0 Å². The van der Waals surface area contributed by atoms with Gasteiger partial charge < -0.3 is 25.2 Å². The minimum atomic E-state index is -0.257. The molecule has 0 radical (unpaired) electrons. The fraction of sp³-hybridized carbons (Fsp3) is 0.500. The second-order valence-corrected chi connectivity index (χ2v) is 4.28. The van der Waals surface area contributed by atoms with Gasteiger partial charge in [-0.25, -0.2) is 0 Å². The minimum absolute atomic E-state index is 0.143. The van der Waals surface area contributed by atoms with E-state index >= 15 is 0 Å². The van der Waals surface area contributed by atoms with Gasteiger partial charge in [0, 0.05) is 20.2 Å². The van der Waals surface area contributed by atoms with Gasteiger partial charge in [0.2, 0.25) is 0 Å². The first-order valence-electron chi connectivity index (χ1n) is 6.50. The Morgan fingerprint density at radius 1 is 1.35 bits per heavy atom. The Kier molecular flexibility index (Phi) is 6.83. The van der Waals surface area contributed by atoms with Crippen LogP contribution in [0, 0.1) is 0 Å². The quantitative estimate of drug-likeness (QED) is 0.738. The Labute approximate surface area is 119 Å². The first-order valence-corrected chi connectivity index (χ1v) is 6.50. The molecular formula is C14H22N2O4. The molecule has 0 saturated carbocycles. The van der Waals surface area contributed by atoms with Crippen molar-refractivity contribution >= 4 is 5.91 Å². The molecule has 0 fully saturated rings. The van der Waals surface area contributed by atoms with Gasteiger partial charge in [-0.3, -0.25) is 4.79 Å². The average Bonchev–Trinajstić information content (AvgIpc) is 2.47. The number of para-hydroxylation sites is 1. The topological polar surface area (TPSA) is 85.0 Å². The number of aromatic hydroxyl groups is 1. The van der Waals surface area contributed by atoms with Crippen LogP contribution in [0.5, 0.6) is 11.5 Å². The number of rotatable bonds is 8. The summed E-state index contributed by atoms with van der Waals surface area (Å²) in [5.74, 6) is -0.122. The van der Waals surface area contributed by atoms with E-state index in [1.807, 2.05) is 0 Å². The van der Waals surface area contributed by atoms with Crippen molar-refractivity contribution in [2.24, 2.45) is 5.73 Å². The lowest BCUT2D eigenvalue weighted by molar-refractivity contribution is 0.0691. The molecule has 0 saturated heterocycles. The van der Waals surface area contributed by atoms with Crippen LogP contribution in [0.25, 0.3) is 0 Å². The molecule has 112 valence electrons. The van der Waals surface area contributed by atoms with Crippen molar-refractivity contribution in [1.29, 1.82) is 0 Å². The highest BCUT2D eigenvalue weighted by Gasteiger charge is 2.20. The third kappa shape index (κ3) is 4.11. The highest BCUT2D eigenvalue weighted by molar-refractivity contribution is 5.97. The number of hydrogen-bond acceptors (Lipinski definition) is 5. The monoisotopic (exact) mass is 282 g/mol. The van der Waals surface area contributed by atoms with E-state index in [9.17, 15) is 9.90 Å². The van der Waals surface area contributed by atoms with Crippen molar-refractivity contribution in [2.75, 3.05) is 40.5 Å². The smallest absolute Gasteiger partial charge is 0.257 e. The summed E-state index contributed by atoms with van der Waals surface area (Å²) in [6, 6.07) is 4.84. The van der Waals surface area contributed by atoms with Crippen LogP contribution >= 0.6 is 0 Å². The molecule has 0 spiro atoms. The molecule has 0 aliphatic heterocycles. The summed E-state index contributed by atoms with van der Waals surface area (Å²) < 4.78 is 10.0. The molecule has 0 bridgehead atoms. The zero-order chi connectivity index (χ0) is 15.0. The Morgan fingerprint density at radius 2 is 2.10 bits per heavy atom. The molecule has 1 amide bonds. The number of nitrogens with two attached hydrogens (primary N) is 1. The van der Waals surface area contributed by atoms with Gasteiger partial charge in [-0.15, -0.1) is 0 Å². The molecule has 1 aromatic carbocycles. The van der Waals surface area contributed by atoms with E-state index in [4.69, 9.17) is 15.2 Å². The maximum atomic E-state index is 12.5. The van der Waals surface area contributed by atoms with Crippen LogP contribution in [0.15, 0.2) is 18.2 Å². The number of benzene rings is 1. The van der Waals surface area contributed by atoms with E-state index in [1.54, 1.807) is 30.2 Å². The lowest BCUT2D eigenvalue weighted by atomic mass is 10.1. The maximum Gasteiger partial charge on any atom is 0.257 e. The largest absolute Gasteiger partial charge is 0.504 e. The maximum absolute atomic E-state index is 12.5. The van der Waals surface area contributed by atoms with Crippen molar-refractivity contribution in [3.8, 4) is 11.5 Å². The van der Waals surface area contributed by atoms with Crippen LogP contribution in [0.3, 0.4) is 0 Å². The van der Waals surface area contributed by atoms with Gasteiger partial charge in [0.25, 0.3) is 5.91 Å². The normalized spacial score (nSPS) is 10.3. The summed E-state index contributed by atoms with van der Waals surface area (Å²) >= 11 is 0. The summed E-state index contributed by atoms with van der Waals surface area (Å²) in [7, 11) is 3.02. The molecule has 20 heavy (non-hydrogen) atoms. The van der Waals surface area contributed by atoms with Gasteiger partial charge in [0.1, 0.15) is 0 Å². The van der Waals surface area contributed by atoms with Crippen LogP contribution in [0.2, 0.25) is 0 Å². The van der Waals surface area contributed by atoms with Gasteiger partial charge >= 0.3 is 0 Å². The summed E-state index contributed by atoms with van der Waals surface area (Å²) in [6.07, 6.45) is 0.695. The number of ether oxygens (including phenoxy) is 2. The van der Waals surface area contributed by atoms with Gasteiger partial charge in [-0.1, -0.05) is 6.07 Å². The Bertz CT molecular complexity index is 429. The van der Waals surface area contributed by atoms with Crippen molar-refractivity contribution in [1.82, 2.24) is 4.90 Å². The zero-order valence-electron chi connectivity index (χ0n) is 12.0. The minimum Gasteiger partial charge on any atom is -0.504 e. The summed E-state index contributed by atoms with van der Waals surface area (Å²) in [4.78, 5) is 14.1. The molecule has 1 aromatic rings. The predicted molar refractivity (Wildman–Crippen MR) is 76.1 cm³/mol. The first-order chi connectivity index (χ1) is 9.65. The third-order valence-electron chi connectivity index (χ3n) is 2.93. The van der Waals surface area contributed by atoms with Crippen molar-refractivity contribution in [3.05, 3.63) is 23.8 Å². The molecule has 3 N–H and O–H groups in total. The number of amides is 1. The molecule has 0 aliphatic rings. The summed E-state index contributed by atoms with van der Waals surface area (Å²) in [5.41, 5.74) is 5.70. The highest BCUT2D eigenvalue weighted by atomic mass is 16.5. The molecule has 6 heteroatoms. The number of methoxy groups -OCH3 is 2. The fourth-order valence-corrected chi connectivity index (χ4v) is 1.83. The van der Waals surface area contributed by atoms with E-state index in [0.29, 0.717) is 32.7 Å². The summed E-state index contributed by atoms with van der Waals surface area (Å²) in [6.45, 7) is 1.91. The lowest BCUT2D eigenvalue weighted by Gasteiger charge is -2.23. The van der Waals surface area contributed by atoms with Crippen LogP contribution in [0.1, 0.15) is 16.8 Å². The molecular weight excluding hydrogens is 260 g/mol. The van der Waals surface area contributed by atoms with E-state index < -0.39 is 0 Å². The van der Waals surface area contributed by atoms with Crippen LogP contribution < -0.4 is 10.5 Å². The highest BCUT2D eigenvalue weighted by Crippen LogP contribution is 2.30. The third-order valence-corrected chi connectivity index (χ3v) is 2.93. The molecule has 0 unspecified atom stereocenters. The lowest BCUT2D eigenvalue weighted by Crippen LogP contribution is -2.35. The number of phenols is 1. The second kappa shape index (κ2) is 8.39. The van der Waals surface area contributed by atoms with Crippen molar-refractivity contribution in [3.63, 3.8) is 0 Å². The molecule has 0 aromatic heterocycles. The molecule has 0 heterocycles. The summed E-state index contributed by atoms with van der Waals surface area (Å²) in [5, 5.41) is 10.0. The number of carbonyl (C=O) groups excluding carboxylic acids is 1. The molecule has 0 atom stereocenters. The van der Waals surface area contributed by atoms with Crippen LogP contribution in [-0.2, 0) is 4.74 Å². The van der Waals surface area contributed by atoms with E-state index in [1.165, 1.54) is 7.11 Å². The van der Waals surface area contributed by atoms with E-state index in [2.05, 4.69) is 0 Å². The molecule has 1 rings (SSSR count). The average molecular weight is 282 g/mol. The van der Waals surface area contributed by atoms with Crippen LogP contribution in [0.4, 0.5) is 0 Å². The molecule has 6 nitrogen and oxygen atoms in total. The van der Waals surface area contributed by atoms with Gasteiger partial charge in [0.05, 0.1) is 19.3 Å². The molecule has 0 aliphatic carbocycles. The van der Waals surface area contributed by atoms with Crippen molar-refractivity contribution < 1.29 is 19.4 Å². The van der Waals surface area contributed by atoms with E-state index in [0.717, 1.165) is 0 Å². The number of phenolic OH excluding ortho intramolecular Hbond substituents is 1. The van der Waals surface area contributed by atoms with Crippen molar-refractivity contribution in [2.45, 2.75) is 6.42 Å². The van der Waals surface area contributed by atoms with Gasteiger partial charge in [-0.2, -0.15) is 0 Å². The Hall–Kier alpha value is -1.79. The standard InChI is InChI=1S/C14H22N2O4/c1-19-10-9-16(8-4-7-15)14(18)11-5-3-6-12(20-2)13(11)17/h3,5-6,17H,4,7-10,15H2,1-2H3. The predicted octanol–water partition coefficient (Wildman–Crippen LogP) is 0.838. The van der Waals surface area contributed by atoms with Crippen LogP contribution in [-0.4, -0.2) is 56.4 Å². The van der Waals surface area contributed by atoms with Gasteiger partial charge in [-0.05, 0) is 25.1 Å². The number of carbonyl (C=O) groups is 1. The first kappa shape index (κ1) is 16.3. The fourth-order valence-electron chi connectivity index (χ4n) is 1.83. The second-order valence-electron chi connectivity index (χ2n) is 4.28. The zero-order valence-corrected chi connectivity index (χ0v) is 12.0.